The number of aliphatic hydroxyl groups excluding tert-OH is 1. The molecule has 4 aliphatic rings. The molecule has 2 saturated heterocycles. The number of hydrogen-bond acceptors (Lipinski definition) is 6. The number of carbonyl (C=O) groups is 2. The third-order valence-corrected chi connectivity index (χ3v) is 7.27. The van der Waals surface area contributed by atoms with Crippen molar-refractivity contribution < 1.29 is 28.6 Å². The molecule has 6 atom stereocenters. The lowest BCUT2D eigenvalue weighted by atomic mass is 9.45. The van der Waals surface area contributed by atoms with Gasteiger partial charge in [-0.2, -0.15) is 0 Å². The van der Waals surface area contributed by atoms with Crippen molar-refractivity contribution in [3.05, 3.63) is 35.8 Å². The van der Waals surface area contributed by atoms with E-state index in [1.165, 1.54) is 0 Å². The van der Waals surface area contributed by atoms with Gasteiger partial charge in [0.2, 0.25) is 0 Å². The van der Waals surface area contributed by atoms with Crippen LogP contribution in [0.25, 0.3) is 0 Å². The molecule has 2 aliphatic carbocycles. The molecule has 2 aliphatic heterocycles. The average Bonchev–Trinajstić information content (AvgIpc) is 3.23. The Bertz CT molecular complexity index is 795. The van der Waals surface area contributed by atoms with Crippen molar-refractivity contribution in [2.75, 3.05) is 6.61 Å². The smallest absolute Gasteiger partial charge is 0.334 e. The van der Waals surface area contributed by atoms with Crippen molar-refractivity contribution in [3.8, 4) is 0 Å². The summed E-state index contributed by atoms with van der Waals surface area (Å²) in [5.74, 6) is -0.725. The van der Waals surface area contributed by atoms with E-state index in [-0.39, 0.29) is 40.7 Å². The molecule has 26 heavy (non-hydrogen) atoms. The number of hydrogen-bond donors (Lipinski definition) is 1. The highest BCUT2D eigenvalue weighted by Crippen LogP contribution is 2.66. The SMILES string of the molecule is CC12CC(c3ccoc3)OC(=O)C1CCC13COC(=O)C1=CC(O)CC32. The number of cyclic esters (lactones) is 2. The number of esters is 2. The van der Waals surface area contributed by atoms with Crippen molar-refractivity contribution in [2.45, 2.75) is 44.8 Å². The highest BCUT2D eigenvalue weighted by Gasteiger charge is 2.66. The van der Waals surface area contributed by atoms with E-state index in [4.69, 9.17) is 13.9 Å². The number of rotatable bonds is 1. The minimum Gasteiger partial charge on any atom is -0.472 e. The van der Waals surface area contributed by atoms with Gasteiger partial charge in [-0.1, -0.05) is 6.92 Å². The fourth-order valence-corrected chi connectivity index (χ4v) is 6.04. The van der Waals surface area contributed by atoms with Crippen LogP contribution >= 0.6 is 0 Å². The summed E-state index contributed by atoms with van der Waals surface area (Å²) >= 11 is 0. The lowest BCUT2D eigenvalue weighted by Crippen LogP contribution is -2.58. The fourth-order valence-electron chi connectivity index (χ4n) is 6.04. The Labute approximate surface area is 151 Å². The van der Waals surface area contributed by atoms with Gasteiger partial charge in [0.1, 0.15) is 12.7 Å². The van der Waals surface area contributed by atoms with Crippen LogP contribution in [0.3, 0.4) is 0 Å². The van der Waals surface area contributed by atoms with Crippen LogP contribution in [0.5, 0.6) is 0 Å². The molecule has 6 nitrogen and oxygen atoms in total. The molecule has 3 heterocycles. The standard InChI is InChI=1S/C20H22O6/c1-19-8-15(11-3-5-24-9-11)26-18(23)13(19)2-4-20-10-25-17(22)14(20)6-12(21)7-16(19)20/h3,5-6,9,12-13,15-16,21H,2,4,7-8,10H2,1H3. The second-order valence-corrected chi connectivity index (χ2v) is 8.45. The highest BCUT2D eigenvalue weighted by molar-refractivity contribution is 5.93. The van der Waals surface area contributed by atoms with E-state index in [2.05, 4.69) is 6.92 Å². The maximum atomic E-state index is 12.8. The number of furan rings is 1. The summed E-state index contributed by atoms with van der Waals surface area (Å²) in [4.78, 5) is 25.1. The van der Waals surface area contributed by atoms with E-state index in [0.717, 1.165) is 5.56 Å². The summed E-state index contributed by atoms with van der Waals surface area (Å²) in [5, 5.41) is 10.4. The highest BCUT2D eigenvalue weighted by atomic mass is 16.5. The van der Waals surface area contributed by atoms with Crippen LogP contribution in [-0.2, 0) is 19.1 Å². The topological polar surface area (TPSA) is 86.0 Å². The zero-order chi connectivity index (χ0) is 18.1. The molecule has 1 spiro atoms. The zero-order valence-corrected chi connectivity index (χ0v) is 14.6. The van der Waals surface area contributed by atoms with Gasteiger partial charge in [0, 0.05) is 16.6 Å². The first-order valence-electron chi connectivity index (χ1n) is 9.24. The predicted octanol–water partition coefficient (Wildman–Crippen LogP) is 2.53. The molecular formula is C20H22O6. The van der Waals surface area contributed by atoms with Crippen LogP contribution in [0.1, 0.15) is 44.3 Å². The molecule has 3 fully saturated rings. The van der Waals surface area contributed by atoms with Crippen molar-refractivity contribution in [1.29, 1.82) is 0 Å². The zero-order valence-electron chi connectivity index (χ0n) is 14.6. The predicted molar refractivity (Wildman–Crippen MR) is 88.6 cm³/mol. The molecule has 0 bridgehead atoms. The van der Waals surface area contributed by atoms with Crippen LogP contribution < -0.4 is 0 Å². The molecule has 1 N–H and O–H groups in total. The van der Waals surface area contributed by atoms with E-state index in [0.29, 0.717) is 37.9 Å². The van der Waals surface area contributed by atoms with Gasteiger partial charge in [-0.25, -0.2) is 4.79 Å². The summed E-state index contributed by atoms with van der Waals surface area (Å²) < 4.78 is 16.3. The van der Waals surface area contributed by atoms with Gasteiger partial charge in [0.25, 0.3) is 0 Å². The van der Waals surface area contributed by atoms with Gasteiger partial charge in [0.15, 0.2) is 0 Å². The van der Waals surface area contributed by atoms with Crippen LogP contribution in [-0.4, -0.2) is 29.8 Å². The second-order valence-electron chi connectivity index (χ2n) is 8.45. The van der Waals surface area contributed by atoms with Crippen LogP contribution in [0, 0.1) is 22.7 Å². The Kier molecular flexibility index (Phi) is 3.24. The monoisotopic (exact) mass is 358 g/mol. The molecule has 1 aromatic heterocycles. The maximum Gasteiger partial charge on any atom is 0.334 e. The number of carbonyl (C=O) groups excluding carboxylic acids is 2. The Balaban J connectivity index is 1.59. The first-order chi connectivity index (χ1) is 12.4. The van der Waals surface area contributed by atoms with Crippen LogP contribution in [0.2, 0.25) is 0 Å². The minimum atomic E-state index is -0.685. The Hall–Kier alpha value is -2.08. The Morgan fingerprint density at radius 2 is 2.15 bits per heavy atom. The number of ether oxygens (including phenoxy) is 2. The average molecular weight is 358 g/mol. The summed E-state index contributed by atoms with van der Waals surface area (Å²) in [7, 11) is 0. The van der Waals surface area contributed by atoms with Crippen molar-refractivity contribution in [3.63, 3.8) is 0 Å². The third-order valence-electron chi connectivity index (χ3n) is 7.27. The molecule has 1 saturated carbocycles. The van der Waals surface area contributed by atoms with E-state index >= 15 is 0 Å². The maximum absolute atomic E-state index is 12.8. The minimum absolute atomic E-state index is 0.00236. The summed E-state index contributed by atoms with van der Waals surface area (Å²) in [6, 6.07) is 1.82. The van der Waals surface area contributed by atoms with Gasteiger partial charge < -0.3 is 19.0 Å². The Morgan fingerprint density at radius 3 is 2.92 bits per heavy atom. The van der Waals surface area contributed by atoms with Gasteiger partial charge in [0.05, 0.1) is 24.5 Å². The lowest BCUT2D eigenvalue weighted by molar-refractivity contribution is -0.193. The molecular weight excluding hydrogens is 336 g/mol. The van der Waals surface area contributed by atoms with Gasteiger partial charge in [-0.05, 0) is 49.2 Å². The third kappa shape index (κ3) is 1.96. The van der Waals surface area contributed by atoms with Gasteiger partial charge in [-0.15, -0.1) is 0 Å². The summed E-state index contributed by atoms with van der Waals surface area (Å²) in [6.07, 6.45) is 6.41. The van der Waals surface area contributed by atoms with Crippen molar-refractivity contribution >= 4 is 11.9 Å². The molecule has 6 unspecified atom stereocenters. The molecule has 5 rings (SSSR count). The summed E-state index contributed by atoms with van der Waals surface area (Å²) in [6.45, 7) is 2.47. The summed E-state index contributed by atoms with van der Waals surface area (Å²) in [5.41, 5.74) is 0.702. The number of fused-ring (bicyclic) bond motifs is 2. The lowest BCUT2D eigenvalue weighted by Gasteiger charge is -2.58. The van der Waals surface area contributed by atoms with Crippen molar-refractivity contribution in [1.82, 2.24) is 0 Å². The first-order valence-corrected chi connectivity index (χ1v) is 9.24. The second kappa shape index (κ2) is 5.22. The normalized spacial score (nSPS) is 44.3. The van der Waals surface area contributed by atoms with Gasteiger partial charge >= 0.3 is 11.9 Å². The van der Waals surface area contributed by atoms with Crippen molar-refractivity contribution in [2.24, 2.45) is 22.7 Å². The van der Waals surface area contributed by atoms with E-state index < -0.39 is 6.10 Å². The first kappa shape index (κ1) is 16.1. The quantitative estimate of drug-likeness (QED) is 0.777. The molecule has 0 amide bonds. The molecule has 0 aromatic carbocycles. The van der Waals surface area contributed by atoms with E-state index in [1.54, 1.807) is 18.6 Å². The molecule has 0 radical (unpaired) electrons. The fraction of sp³-hybridized carbons (Fsp3) is 0.600. The van der Waals surface area contributed by atoms with E-state index in [9.17, 15) is 14.7 Å². The largest absolute Gasteiger partial charge is 0.472 e. The van der Waals surface area contributed by atoms with Crippen LogP contribution in [0.15, 0.2) is 34.7 Å². The molecule has 138 valence electrons. The Morgan fingerprint density at radius 1 is 1.31 bits per heavy atom. The number of aliphatic hydroxyl groups is 1. The van der Waals surface area contributed by atoms with Gasteiger partial charge in [-0.3, -0.25) is 4.79 Å². The molecule has 1 aromatic rings. The molecule has 6 heteroatoms. The van der Waals surface area contributed by atoms with E-state index in [1.807, 2.05) is 6.07 Å². The van der Waals surface area contributed by atoms with Crippen LogP contribution in [0.4, 0.5) is 0 Å².